The van der Waals surface area contributed by atoms with Crippen LogP contribution in [-0.4, -0.2) is 23.2 Å². The van der Waals surface area contributed by atoms with E-state index in [0.29, 0.717) is 24.2 Å². The van der Waals surface area contributed by atoms with E-state index in [1.807, 2.05) is 5.38 Å². The number of hydroxylamine groups is 2. The van der Waals surface area contributed by atoms with Crippen LogP contribution in [0, 0.1) is 0 Å². The van der Waals surface area contributed by atoms with Crippen molar-refractivity contribution in [2.24, 2.45) is 0 Å². The van der Waals surface area contributed by atoms with Crippen LogP contribution in [0.3, 0.4) is 0 Å². The second-order valence-corrected chi connectivity index (χ2v) is 3.09. The highest BCUT2D eigenvalue weighted by Crippen LogP contribution is 2.19. The van der Waals surface area contributed by atoms with Gasteiger partial charge in [0.2, 0.25) is 5.88 Å². The Balaban J connectivity index is 1.99. The minimum atomic E-state index is 0.546. The molecule has 2 rings (SSSR count). The lowest BCUT2D eigenvalue weighted by molar-refractivity contribution is -0.0195. The topological polar surface area (TPSA) is 34.6 Å². The molecule has 0 atom stereocenters. The molecule has 12 heavy (non-hydrogen) atoms. The van der Waals surface area contributed by atoms with Crippen molar-refractivity contribution in [3.05, 3.63) is 24.0 Å². The lowest BCUT2D eigenvalue weighted by atomic mass is 10.7. The number of nitrogens with zero attached hydrogens (tertiary/aromatic N) is 2. The van der Waals surface area contributed by atoms with Crippen molar-refractivity contribution in [1.29, 1.82) is 0 Å². The van der Waals surface area contributed by atoms with Gasteiger partial charge in [0.1, 0.15) is 6.61 Å². The summed E-state index contributed by atoms with van der Waals surface area (Å²) in [5, 5.41) is 4.06. The molecule has 1 aliphatic rings. The zero-order valence-electron chi connectivity index (χ0n) is 6.40. The number of hydrogen-bond acceptors (Lipinski definition) is 5. The van der Waals surface area contributed by atoms with Gasteiger partial charge in [-0.15, -0.1) is 0 Å². The second kappa shape index (κ2) is 3.02. The van der Waals surface area contributed by atoms with Gasteiger partial charge in [-0.3, -0.25) is 0 Å². The van der Waals surface area contributed by atoms with Gasteiger partial charge in [0.05, 0.1) is 6.54 Å². The molecule has 1 saturated heterocycles. The molecule has 4 nitrogen and oxygen atoms in total. The van der Waals surface area contributed by atoms with E-state index in [-0.39, 0.29) is 0 Å². The Morgan fingerprint density at radius 1 is 1.75 bits per heavy atom. The molecule has 1 aromatic rings. The molecule has 0 unspecified atom stereocenters. The molecule has 2 heterocycles. The smallest absolute Gasteiger partial charge is 0.302 e. The lowest BCUT2D eigenvalue weighted by Gasteiger charge is -2.13. The third-order valence-electron chi connectivity index (χ3n) is 1.44. The quantitative estimate of drug-likeness (QED) is 0.692. The summed E-state index contributed by atoms with van der Waals surface area (Å²) in [5.41, 5.74) is 0. The molecule has 64 valence electrons. The summed E-state index contributed by atoms with van der Waals surface area (Å²) >= 11 is 1.44. The van der Waals surface area contributed by atoms with E-state index in [9.17, 15) is 0 Å². The fraction of sp³-hybridized carbons (Fsp3) is 0.286. The van der Waals surface area contributed by atoms with Gasteiger partial charge in [-0.2, -0.15) is 5.06 Å². The number of rotatable bonds is 2. The molecule has 0 amide bonds. The molecule has 0 radical (unpaired) electrons. The van der Waals surface area contributed by atoms with E-state index in [0.717, 1.165) is 0 Å². The largest absolute Gasteiger partial charge is 0.475 e. The standard InChI is InChI=1S/C7H8N2O2S/c1-6-9(3-4-10-6)11-7-8-2-5-12-7/h2,5H,1,3-4H2. The maximum Gasteiger partial charge on any atom is 0.302 e. The molecule has 0 N–H and O–H groups in total. The number of ether oxygens (including phenoxy) is 1. The van der Waals surface area contributed by atoms with Crippen molar-refractivity contribution < 1.29 is 9.57 Å². The van der Waals surface area contributed by atoms with Crippen LogP contribution in [0.25, 0.3) is 0 Å². The molecule has 0 spiro atoms. The summed E-state index contributed by atoms with van der Waals surface area (Å²) in [7, 11) is 0. The molecule has 0 aliphatic carbocycles. The number of hydrogen-bond donors (Lipinski definition) is 0. The van der Waals surface area contributed by atoms with Crippen LogP contribution in [0.5, 0.6) is 5.19 Å². The average Bonchev–Trinajstić information content (AvgIpc) is 2.65. The average molecular weight is 184 g/mol. The van der Waals surface area contributed by atoms with Crippen LogP contribution >= 0.6 is 11.3 Å². The van der Waals surface area contributed by atoms with Crippen molar-refractivity contribution in [3.63, 3.8) is 0 Å². The maximum absolute atomic E-state index is 5.34. The molecule has 1 fully saturated rings. The first-order valence-corrected chi connectivity index (χ1v) is 4.41. The van der Waals surface area contributed by atoms with Crippen molar-refractivity contribution in [2.75, 3.05) is 13.2 Å². The highest BCUT2D eigenvalue weighted by Gasteiger charge is 2.18. The summed E-state index contributed by atoms with van der Waals surface area (Å²) < 4.78 is 5.10. The van der Waals surface area contributed by atoms with Gasteiger partial charge in [0, 0.05) is 11.6 Å². The van der Waals surface area contributed by atoms with Crippen LogP contribution in [0.4, 0.5) is 0 Å². The molecule has 5 heteroatoms. The van der Waals surface area contributed by atoms with Crippen LogP contribution < -0.4 is 4.84 Å². The second-order valence-electron chi connectivity index (χ2n) is 2.23. The Labute approximate surface area is 74.0 Å². The Morgan fingerprint density at radius 3 is 3.25 bits per heavy atom. The minimum Gasteiger partial charge on any atom is -0.475 e. The van der Waals surface area contributed by atoms with Gasteiger partial charge < -0.3 is 9.57 Å². The highest BCUT2D eigenvalue weighted by molar-refractivity contribution is 7.11. The fourth-order valence-electron chi connectivity index (χ4n) is 0.889. The normalized spacial score (nSPS) is 16.3. The molecule has 1 aliphatic heterocycles. The molecule has 0 aromatic carbocycles. The molecule has 0 saturated carbocycles. The van der Waals surface area contributed by atoms with E-state index in [1.54, 1.807) is 11.3 Å². The van der Waals surface area contributed by atoms with Crippen molar-refractivity contribution >= 4 is 11.3 Å². The number of aromatic nitrogens is 1. The van der Waals surface area contributed by atoms with Gasteiger partial charge in [0.15, 0.2) is 0 Å². The van der Waals surface area contributed by atoms with E-state index < -0.39 is 0 Å². The third-order valence-corrected chi connectivity index (χ3v) is 2.08. The van der Waals surface area contributed by atoms with E-state index in [4.69, 9.17) is 9.57 Å². The van der Waals surface area contributed by atoms with Gasteiger partial charge in [-0.25, -0.2) is 4.98 Å². The summed E-state index contributed by atoms with van der Waals surface area (Å²) in [6.45, 7) is 5.01. The lowest BCUT2D eigenvalue weighted by Crippen LogP contribution is -2.21. The highest BCUT2D eigenvalue weighted by atomic mass is 32.1. The summed E-state index contributed by atoms with van der Waals surface area (Å²) in [6.07, 6.45) is 1.69. The van der Waals surface area contributed by atoms with Crippen molar-refractivity contribution in [3.8, 4) is 5.19 Å². The van der Waals surface area contributed by atoms with Gasteiger partial charge in [-0.05, 0) is 6.58 Å². The molecule has 0 bridgehead atoms. The van der Waals surface area contributed by atoms with Gasteiger partial charge in [0.25, 0.3) is 0 Å². The Hall–Kier alpha value is -1.23. The zero-order chi connectivity index (χ0) is 8.39. The first-order chi connectivity index (χ1) is 5.86. The van der Waals surface area contributed by atoms with Gasteiger partial charge >= 0.3 is 5.19 Å². The molecular formula is C7H8N2O2S. The van der Waals surface area contributed by atoms with E-state index in [1.165, 1.54) is 11.3 Å². The summed E-state index contributed by atoms with van der Waals surface area (Å²) in [5.74, 6) is 0.546. The summed E-state index contributed by atoms with van der Waals surface area (Å²) in [6, 6.07) is 0. The summed E-state index contributed by atoms with van der Waals surface area (Å²) in [4.78, 5) is 9.32. The fourth-order valence-corrected chi connectivity index (χ4v) is 1.38. The van der Waals surface area contributed by atoms with Crippen molar-refractivity contribution in [1.82, 2.24) is 10.0 Å². The first kappa shape index (κ1) is 7.42. The van der Waals surface area contributed by atoms with Crippen LogP contribution in [0.15, 0.2) is 24.0 Å². The van der Waals surface area contributed by atoms with Crippen LogP contribution in [0.1, 0.15) is 0 Å². The number of thiazole rings is 1. The van der Waals surface area contributed by atoms with Crippen molar-refractivity contribution in [2.45, 2.75) is 0 Å². The monoisotopic (exact) mass is 184 g/mol. The van der Waals surface area contributed by atoms with Gasteiger partial charge in [-0.1, -0.05) is 11.3 Å². The Bertz CT molecular complexity index is 273. The maximum atomic E-state index is 5.34. The minimum absolute atomic E-state index is 0.546. The molecule has 1 aromatic heterocycles. The Kier molecular flexibility index (Phi) is 1.87. The predicted octanol–water partition coefficient (Wildman–Crippen LogP) is 1.24. The predicted molar refractivity (Wildman–Crippen MR) is 44.5 cm³/mol. The SMILES string of the molecule is C=C1OCCN1Oc1nccs1. The molecular weight excluding hydrogens is 176 g/mol. The third kappa shape index (κ3) is 1.35. The van der Waals surface area contributed by atoms with Crippen LogP contribution in [-0.2, 0) is 4.74 Å². The zero-order valence-corrected chi connectivity index (χ0v) is 7.21. The van der Waals surface area contributed by atoms with Crippen LogP contribution in [0.2, 0.25) is 0 Å². The Morgan fingerprint density at radius 2 is 2.67 bits per heavy atom. The first-order valence-electron chi connectivity index (χ1n) is 3.53. The van der Waals surface area contributed by atoms with E-state index in [2.05, 4.69) is 11.6 Å². The van der Waals surface area contributed by atoms with E-state index >= 15 is 0 Å².